The highest BCUT2D eigenvalue weighted by Gasteiger charge is 2.28. The van der Waals surface area contributed by atoms with Gasteiger partial charge < -0.3 is 4.74 Å². The number of hydrogen-bond acceptors (Lipinski definition) is 3. The molecule has 24 heavy (non-hydrogen) atoms. The summed E-state index contributed by atoms with van der Waals surface area (Å²) in [6, 6.07) is 5.75. The minimum atomic E-state index is -0.553. The highest BCUT2D eigenvalue weighted by molar-refractivity contribution is 9.10. The molecule has 0 unspecified atom stereocenters. The van der Waals surface area contributed by atoms with E-state index in [4.69, 9.17) is 16.3 Å². The van der Waals surface area contributed by atoms with Crippen LogP contribution >= 0.6 is 27.5 Å². The highest BCUT2D eigenvalue weighted by atomic mass is 79.9. The molecule has 0 fully saturated rings. The van der Waals surface area contributed by atoms with Gasteiger partial charge in [0.15, 0.2) is 0 Å². The van der Waals surface area contributed by atoms with Crippen molar-refractivity contribution < 1.29 is 9.53 Å². The Morgan fingerprint density at radius 2 is 2.00 bits per heavy atom. The molecule has 0 spiro atoms. The fraction of sp³-hybridized carbons (Fsp3) is 0.333. The first-order chi connectivity index (χ1) is 11.2. The summed E-state index contributed by atoms with van der Waals surface area (Å²) >= 11 is 9.76. The molecule has 6 heteroatoms. The summed E-state index contributed by atoms with van der Waals surface area (Å²) in [5.41, 5.74) is 4.27. The van der Waals surface area contributed by atoms with Crippen molar-refractivity contribution in [3.05, 3.63) is 45.1 Å². The lowest BCUT2D eigenvalue weighted by molar-refractivity contribution is 0.0589. The van der Waals surface area contributed by atoms with E-state index in [0.29, 0.717) is 11.4 Å². The summed E-state index contributed by atoms with van der Waals surface area (Å²) in [6.07, 6.45) is 2.04. The lowest BCUT2D eigenvalue weighted by atomic mass is 10.0. The number of rotatable bonds is 1. The molecule has 1 aliphatic carbocycles. The first-order valence-corrected chi connectivity index (χ1v) is 8.77. The van der Waals surface area contributed by atoms with Crippen molar-refractivity contribution in [2.24, 2.45) is 0 Å². The Balaban J connectivity index is 2.05. The zero-order valence-corrected chi connectivity index (χ0v) is 16.3. The molecular weight excluding hydrogens is 392 g/mol. The van der Waals surface area contributed by atoms with E-state index >= 15 is 0 Å². The van der Waals surface area contributed by atoms with Crippen molar-refractivity contribution in [3.63, 3.8) is 0 Å². The van der Waals surface area contributed by atoms with Crippen LogP contribution in [0, 0.1) is 0 Å². The first kappa shape index (κ1) is 17.2. The molecule has 0 saturated heterocycles. The number of pyridine rings is 1. The van der Waals surface area contributed by atoms with Gasteiger partial charge in [0.05, 0.1) is 11.4 Å². The summed E-state index contributed by atoms with van der Waals surface area (Å²) in [6.45, 7) is 5.54. The lowest BCUT2D eigenvalue weighted by Gasteiger charge is -2.26. The number of ether oxygens (including phenoxy) is 1. The van der Waals surface area contributed by atoms with Crippen LogP contribution in [-0.2, 0) is 11.2 Å². The SMILES string of the molecule is CN(C(=O)OC(C)(C)C)c1cc(Cl)cc2c1Cc1ncc(Br)cc1-2. The molecule has 3 rings (SSSR count). The van der Waals surface area contributed by atoms with Crippen molar-refractivity contribution in [2.45, 2.75) is 32.8 Å². The van der Waals surface area contributed by atoms with E-state index in [1.165, 1.54) is 4.90 Å². The second-order valence-corrected chi connectivity index (χ2v) is 8.17. The van der Waals surface area contributed by atoms with Crippen LogP contribution in [0.25, 0.3) is 11.1 Å². The number of amides is 1. The summed E-state index contributed by atoms with van der Waals surface area (Å²) in [4.78, 5) is 18.4. The zero-order chi connectivity index (χ0) is 17.6. The number of nitrogens with zero attached hydrogens (tertiary/aromatic N) is 2. The lowest BCUT2D eigenvalue weighted by Crippen LogP contribution is -2.34. The highest BCUT2D eigenvalue weighted by Crippen LogP contribution is 2.43. The van der Waals surface area contributed by atoms with Gasteiger partial charge in [0, 0.05) is 34.7 Å². The minimum absolute atomic E-state index is 0.405. The van der Waals surface area contributed by atoms with Crippen LogP contribution in [0.1, 0.15) is 32.0 Å². The Morgan fingerprint density at radius 1 is 1.29 bits per heavy atom. The number of anilines is 1. The fourth-order valence-corrected chi connectivity index (χ4v) is 3.33. The molecule has 0 bridgehead atoms. The van der Waals surface area contributed by atoms with E-state index in [0.717, 1.165) is 32.5 Å². The Hall–Kier alpha value is -1.59. The molecule has 1 heterocycles. The third kappa shape index (κ3) is 3.28. The third-order valence-electron chi connectivity index (χ3n) is 3.79. The number of carbonyl (C=O) groups is 1. The number of aromatic nitrogens is 1. The molecule has 0 aliphatic heterocycles. The van der Waals surface area contributed by atoms with Crippen LogP contribution in [0.2, 0.25) is 5.02 Å². The van der Waals surface area contributed by atoms with Gasteiger partial charge in [-0.05, 0) is 66.0 Å². The zero-order valence-electron chi connectivity index (χ0n) is 14.0. The van der Waals surface area contributed by atoms with Crippen LogP contribution in [0.5, 0.6) is 0 Å². The minimum Gasteiger partial charge on any atom is -0.443 e. The summed E-state index contributed by atoms with van der Waals surface area (Å²) < 4.78 is 6.38. The maximum absolute atomic E-state index is 12.4. The third-order valence-corrected chi connectivity index (χ3v) is 4.44. The van der Waals surface area contributed by atoms with Crippen molar-refractivity contribution in [1.82, 2.24) is 4.98 Å². The maximum Gasteiger partial charge on any atom is 0.414 e. The number of hydrogen-bond donors (Lipinski definition) is 0. The second-order valence-electron chi connectivity index (χ2n) is 6.81. The number of fused-ring (bicyclic) bond motifs is 3. The van der Waals surface area contributed by atoms with E-state index in [1.807, 2.05) is 32.9 Å². The standard InChI is InChI=1S/C18H18BrClN2O2/c1-18(2,3)24-17(23)22(4)16-7-11(20)6-12-13-5-10(19)9-21-15(13)8-14(12)16/h5-7,9H,8H2,1-4H3. The number of halogens is 2. The van der Waals surface area contributed by atoms with Crippen molar-refractivity contribution in [2.75, 3.05) is 11.9 Å². The molecule has 1 aromatic carbocycles. The van der Waals surface area contributed by atoms with E-state index in [2.05, 4.69) is 20.9 Å². The molecule has 0 saturated carbocycles. The molecule has 126 valence electrons. The Bertz CT molecular complexity index is 830. The molecule has 2 aromatic rings. The molecule has 1 aromatic heterocycles. The van der Waals surface area contributed by atoms with Gasteiger partial charge in [0.2, 0.25) is 0 Å². The molecule has 0 N–H and O–H groups in total. The number of carbonyl (C=O) groups excluding carboxylic acids is 1. The van der Waals surface area contributed by atoms with E-state index in [1.54, 1.807) is 19.3 Å². The predicted octanol–water partition coefficient (Wildman–Crippen LogP) is 5.44. The second kappa shape index (κ2) is 6.05. The maximum atomic E-state index is 12.4. The largest absolute Gasteiger partial charge is 0.443 e. The van der Waals surface area contributed by atoms with E-state index in [-0.39, 0.29) is 0 Å². The summed E-state index contributed by atoms with van der Waals surface area (Å²) in [5, 5.41) is 0.576. The van der Waals surface area contributed by atoms with E-state index in [9.17, 15) is 4.79 Å². The van der Waals surface area contributed by atoms with Crippen LogP contribution in [0.4, 0.5) is 10.5 Å². The normalized spacial score (nSPS) is 12.6. The van der Waals surface area contributed by atoms with Crippen LogP contribution in [-0.4, -0.2) is 23.7 Å². The topological polar surface area (TPSA) is 42.4 Å². The quantitative estimate of drug-likeness (QED) is 0.537. The van der Waals surface area contributed by atoms with Gasteiger partial charge in [-0.3, -0.25) is 9.88 Å². The smallest absolute Gasteiger partial charge is 0.414 e. The van der Waals surface area contributed by atoms with Gasteiger partial charge in [-0.2, -0.15) is 0 Å². The Labute approximate surface area is 154 Å². The molecule has 0 radical (unpaired) electrons. The van der Waals surface area contributed by atoms with E-state index < -0.39 is 11.7 Å². The van der Waals surface area contributed by atoms with Gasteiger partial charge in [-0.1, -0.05) is 11.6 Å². The number of benzene rings is 1. The van der Waals surface area contributed by atoms with Gasteiger partial charge in [-0.15, -0.1) is 0 Å². The van der Waals surface area contributed by atoms with Crippen LogP contribution in [0.15, 0.2) is 28.9 Å². The molecule has 1 aliphatic rings. The van der Waals surface area contributed by atoms with Crippen LogP contribution < -0.4 is 4.90 Å². The molecule has 0 atom stereocenters. The molecule has 1 amide bonds. The monoisotopic (exact) mass is 408 g/mol. The fourth-order valence-electron chi connectivity index (χ4n) is 2.79. The Morgan fingerprint density at radius 3 is 2.67 bits per heavy atom. The van der Waals surface area contributed by atoms with Crippen molar-refractivity contribution in [1.29, 1.82) is 0 Å². The first-order valence-electron chi connectivity index (χ1n) is 7.59. The van der Waals surface area contributed by atoms with Gasteiger partial charge >= 0.3 is 6.09 Å². The van der Waals surface area contributed by atoms with Crippen molar-refractivity contribution in [3.8, 4) is 11.1 Å². The average Bonchev–Trinajstić information content (AvgIpc) is 2.82. The molecule has 4 nitrogen and oxygen atoms in total. The van der Waals surface area contributed by atoms with Crippen LogP contribution in [0.3, 0.4) is 0 Å². The predicted molar refractivity (Wildman–Crippen MR) is 99.8 cm³/mol. The van der Waals surface area contributed by atoms with Gasteiger partial charge in [0.25, 0.3) is 0 Å². The van der Waals surface area contributed by atoms with Crippen molar-refractivity contribution >= 4 is 39.3 Å². The average molecular weight is 410 g/mol. The Kier molecular flexibility index (Phi) is 4.34. The summed E-state index contributed by atoms with van der Waals surface area (Å²) in [5.74, 6) is 0. The molecular formula is C18H18BrClN2O2. The van der Waals surface area contributed by atoms with Gasteiger partial charge in [0.1, 0.15) is 5.60 Å². The summed E-state index contributed by atoms with van der Waals surface area (Å²) in [7, 11) is 1.70. The van der Waals surface area contributed by atoms with Gasteiger partial charge in [-0.25, -0.2) is 4.79 Å².